The number of aliphatic carboxylic acids is 2. The van der Waals surface area contributed by atoms with E-state index < -0.39 is 17.5 Å². The molecule has 29 heavy (non-hydrogen) atoms. The van der Waals surface area contributed by atoms with Crippen LogP contribution in [0.15, 0.2) is 54.6 Å². The molecule has 0 amide bonds. The molecular weight excluding hydrogens is 394 g/mol. The molecule has 0 aliphatic carbocycles. The molecule has 1 unspecified atom stereocenters. The van der Waals surface area contributed by atoms with E-state index in [4.69, 9.17) is 26.6 Å². The molecule has 0 aliphatic rings. The van der Waals surface area contributed by atoms with E-state index in [1.807, 2.05) is 50.5 Å². The standard InChI is InChI=1S/C18H22ClNO.C4H6O4/c1-18(21-13-12-20(2)3,15-8-5-4-6-9-15)16-10-7-11-17(19)14-16;5-3(6)1-2-4(7)8/h4-11,14H,12-13H2,1-3H3;1-2H2,(H,5,6)(H,7,8). The number of nitrogens with zero attached hydrogens (tertiary/aromatic N) is 1. The minimum Gasteiger partial charge on any atom is -0.481 e. The predicted octanol–water partition coefficient (Wildman–Crippen LogP) is 4.12. The number of halogens is 1. The van der Waals surface area contributed by atoms with E-state index in [-0.39, 0.29) is 12.8 Å². The first-order chi connectivity index (χ1) is 13.6. The second kappa shape index (κ2) is 12.2. The van der Waals surface area contributed by atoms with Gasteiger partial charge in [0.1, 0.15) is 5.60 Å². The molecule has 0 saturated carbocycles. The van der Waals surface area contributed by atoms with Crippen molar-refractivity contribution >= 4 is 23.5 Å². The second-order valence-corrected chi connectivity index (χ2v) is 7.29. The van der Waals surface area contributed by atoms with E-state index in [0.717, 1.165) is 22.7 Å². The Labute approximate surface area is 176 Å². The SMILES string of the molecule is CN(C)CCOC(C)(c1ccccc1)c1cccc(Cl)c1.O=C(O)CCC(=O)O. The third-order valence-corrected chi connectivity index (χ3v) is 4.42. The van der Waals surface area contributed by atoms with Crippen LogP contribution in [0.1, 0.15) is 30.9 Å². The van der Waals surface area contributed by atoms with Gasteiger partial charge in [-0.05, 0) is 44.3 Å². The van der Waals surface area contributed by atoms with Crippen molar-refractivity contribution in [2.45, 2.75) is 25.4 Å². The molecule has 158 valence electrons. The molecule has 6 nitrogen and oxygen atoms in total. The fourth-order valence-corrected chi connectivity index (χ4v) is 2.71. The van der Waals surface area contributed by atoms with E-state index in [2.05, 4.69) is 30.0 Å². The van der Waals surface area contributed by atoms with Crippen molar-refractivity contribution in [2.24, 2.45) is 0 Å². The van der Waals surface area contributed by atoms with E-state index in [1.165, 1.54) is 0 Å². The molecule has 2 aromatic rings. The molecular formula is C22H28ClNO5. The lowest BCUT2D eigenvalue weighted by Crippen LogP contribution is -2.31. The summed E-state index contributed by atoms with van der Waals surface area (Å²) in [7, 11) is 4.09. The molecule has 0 aromatic heterocycles. The Hall–Kier alpha value is -2.41. The summed E-state index contributed by atoms with van der Waals surface area (Å²) in [5, 5.41) is 16.5. The summed E-state index contributed by atoms with van der Waals surface area (Å²) in [6, 6.07) is 18.2. The van der Waals surface area contributed by atoms with Crippen LogP contribution in [-0.2, 0) is 19.9 Å². The van der Waals surface area contributed by atoms with Crippen LogP contribution >= 0.6 is 11.6 Å². The average molecular weight is 422 g/mol. The lowest BCUT2D eigenvalue weighted by molar-refractivity contribution is -0.143. The zero-order valence-electron chi connectivity index (χ0n) is 17.0. The van der Waals surface area contributed by atoms with E-state index in [1.54, 1.807) is 0 Å². The highest BCUT2D eigenvalue weighted by molar-refractivity contribution is 6.30. The second-order valence-electron chi connectivity index (χ2n) is 6.85. The maximum absolute atomic E-state index is 9.64. The van der Waals surface area contributed by atoms with Crippen LogP contribution in [0, 0.1) is 0 Å². The third-order valence-electron chi connectivity index (χ3n) is 4.18. The lowest BCUT2D eigenvalue weighted by atomic mass is 9.88. The Morgan fingerprint density at radius 2 is 1.52 bits per heavy atom. The third kappa shape index (κ3) is 9.09. The summed E-state index contributed by atoms with van der Waals surface area (Å²) in [4.78, 5) is 21.4. The molecule has 0 heterocycles. The van der Waals surface area contributed by atoms with Gasteiger partial charge in [-0.3, -0.25) is 9.59 Å². The summed E-state index contributed by atoms with van der Waals surface area (Å²) < 4.78 is 6.27. The minimum absolute atomic E-state index is 0.296. The molecule has 0 saturated heterocycles. The average Bonchev–Trinajstić information content (AvgIpc) is 2.67. The summed E-state index contributed by atoms with van der Waals surface area (Å²) in [6.45, 7) is 3.64. The van der Waals surface area contributed by atoms with Crippen molar-refractivity contribution in [1.82, 2.24) is 4.90 Å². The number of carbonyl (C=O) groups is 2. The van der Waals surface area contributed by atoms with Crippen molar-refractivity contribution in [2.75, 3.05) is 27.2 Å². The maximum atomic E-state index is 9.64. The Morgan fingerprint density at radius 1 is 0.966 bits per heavy atom. The van der Waals surface area contributed by atoms with Crippen LogP contribution in [0.25, 0.3) is 0 Å². The topological polar surface area (TPSA) is 87.1 Å². The zero-order chi connectivity index (χ0) is 21.9. The molecule has 7 heteroatoms. The Morgan fingerprint density at radius 3 is 2.00 bits per heavy atom. The molecule has 0 aliphatic heterocycles. The van der Waals surface area contributed by atoms with Crippen LogP contribution in [0.4, 0.5) is 0 Å². The van der Waals surface area contributed by atoms with Crippen LogP contribution < -0.4 is 0 Å². The number of benzene rings is 2. The van der Waals surface area contributed by atoms with Crippen molar-refractivity contribution in [3.05, 3.63) is 70.7 Å². The predicted molar refractivity (Wildman–Crippen MR) is 113 cm³/mol. The normalized spacial score (nSPS) is 12.6. The summed E-state index contributed by atoms with van der Waals surface area (Å²) in [5.41, 5.74) is 1.70. The molecule has 0 spiro atoms. The molecule has 0 bridgehead atoms. The van der Waals surface area contributed by atoms with Crippen LogP contribution in [0.2, 0.25) is 5.02 Å². The first-order valence-corrected chi connectivity index (χ1v) is 9.57. The monoisotopic (exact) mass is 421 g/mol. The van der Waals surface area contributed by atoms with Gasteiger partial charge in [0.05, 0.1) is 19.4 Å². The largest absolute Gasteiger partial charge is 0.481 e. The van der Waals surface area contributed by atoms with Gasteiger partial charge < -0.3 is 19.8 Å². The highest BCUT2D eigenvalue weighted by atomic mass is 35.5. The van der Waals surface area contributed by atoms with Crippen molar-refractivity contribution in [1.29, 1.82) is 0 Å². The lowest BCUT2D eigenvalue weighted by Gasteiger charge is -2.32. The number of hydrogen-bond acceptors (Lipinski definition) is 4. The molecule has 2 N–H and O–H groups in total. The molecule has 1 atom stereocenters. The maximum Gasteiger partial charge on any atom is 0.303 e. The van der Waals surface area contributed by atoms with Crippen molar-refractivity contribution in [3.8, 4) is 0 Å². The van der Waals surface area contributed by atoms with Gasteiger partial charge in [0.2, 0.25) is 0 Å². The van der Waals surface area contributed by atoms with Gasteiger partial charge >= 0.3 is 11.9 Å². The summed E-state index contributed by atoms with van der Waals surface area (Å²) in [6.07, 6.45) is -0.593. The van der Waals surface area contributed by atoms with Crippen LogP contribution in [0.3, 0.4) is 0 Å². The van der Waals surface area contributed by atoms with Gasteiger partial charge in [0.15, 0.2) is 0 Å². The van der Waals surface area contributed by atoms with Gasteiger partial charge in [-0.25, -0.2) is 0 Å². The van der Waals surface area contributed by atoms with Gasteiger partial charge in [-0.1, -0.05) is 54.1 Å². The highest BCUT2D eigenvalue weighted by Gasteiger charge is 2.29. The quantitative estimate of drug-likeness (QED) is 0.633. The number of rotatable bonds is 9. The Balaban J connectivity index is 0.000000447. The first-order valence-electron chi connectivity index (χ1n) is 9.19. The summed E-state index contributed by atoms with van der Waals surface area (Å²) >= 11 is 6.16. The van der Waals surface area contributed by atoms with Crippen LogP contribution in [0.5, 0.6) is 0 Å². The van der Waals surface area contributed by atoms with E-state index >= 15 is 0 Å². The fraction of sp³-hybridized carbons (Fsp3) is 0.364. The zero-order valence-corrected chi connectivity index (χ0v) is 17.7. The number of carboxylic acid groups (broad SMARTS) is 2. The van der Waals surface area contributed by atoms with E-state index in [0.29, 0.717) is 6.61 Å². The fourth-order valence-electron chi connectivity index (χ4n) is 2.52. The van der Waals surface area contributed by atoms with Crippen molar-refractivity contribution in [3.63, 3.8) is 0 Å². The highest BCUT2D eigenvalue weighted by Crippen LogP contribution is 2.34. The van der Waals surface area contributed by atoms with E-state index in [9.17, 15) is 9.59 Å². The molecule has 0 radical (unpaired) electrons. The summed E-state index contributed by atoms with van der Waals surface area (Å²) in [5.74, 6) is -2.15. The number of ether oxygens (including phenoxy) is 1. The smallest absolute Gasteiger partial charge is 0.303 e. The molecule has 0 fully saturated rings. The minimum atomic E-state index is -1.08. The van der Waals surface area contributed by atoms with Crippen LogP contribution in [-0.4, -0.2) is 54.3 Å². The first kappa shape index (κ1) is 24.6. The molecule has 2 rings (SSSR count). The van der Waals surface area contributed by atoms with Gasteiger partial charge in [-0.15, -0.1) is 0 Å². The van der Waals surface area contributed by atoms with Crippen molar-refractivity contribution < 1.29 is 24.5 Å². The Kier molecular flexibility index (Phi) is 10.4. The Bertz CT molecular complexity index is 768. The number of hydrogen-bond donors (Lipinski definition) is 2. The van der Waals surface area contributed by atoms with Gasteiger partial charge in [-0.2, -0.15) is 0 Å². The van der Waals surface area contributed by atoms with Gasteiger partial charge in [0, 0.05) is 11.6 Å². The number of carboxylic acids is 2. The molecule has 2 aromatic carbocycles. The van der Waals surface area contributed by atoms with Gasteiger partial charge in [0.25, 0.3) is 0 Å². The number of likely N-dealkylation sites (N-methyl/N-ethyl adjacent to an activating group) is 1.